The van der Waals surface area contributed by atoms with E-state index in [1.165, 1.54) is 5.56 Å². The molecule has 0 saturated heterocycles. The van der Waals surface area contributed by atoms with E-state index in [4.69, 9.17) is 4.74 Å². The predicted molar refractivity (Wildman–Crippen MR) is 68.7 cm³/mol. The normalized spacial score (nSPS) is 14.9. The van der Waals surface area contributed by atoms with Crippen molar-refractivity contribution in [3.63, 3.8) is 0 Å². The van der Waals surface area contributed by atoms with E-state index in [9.17, 15) is 4.79 Å². The minimum atomic E-state index is 0.256. The summed E-state index contributed by atoms with van der Waals surface area (Å²) in [6.07, 6.45) is 4.95. The molecule has 0 unspecified atom stereocenters. The van der Waals surface area contributed by atoms with Crippen molar-refractivity contribution in [3.8, 4) is 5.75 Å². The standard InChI is InChI=1S/C15H20O2/c1-3-12(4-2)17-13-9-8-11-6-5-7-15(16)14(11)10-13/h8-10,12H,3-7H2,1-2H3. The summed E-state index contributed by atoms with van der Waals surface area (Å²) < 4.78 is 5.87. The Labute approximate surface area is 103 Å². The summed E-state index contributed by atoms with van der Waals surface area (Å²) in [6, 6.07) is 5.97. The van der Waals surface area contributed by atoms with Crippen molar-refractivity contribution in [1.29, 1.82) is 0 Å². The molecule has 0 fully saturated rings. The average Bonchev–Trinajstić information content (AvgIpc) is 2.37. The van der Waals surface area contributed by atoms with Crippen molar-refractivity contribution in [2.24, 2.45) is 0 Å². The summed E-state index contributed by atoms with van der Waals surface area (Å²) in [7, 11) is 0. The maximum absolute atomic E-state index is 11.8. The Hall–Kier alpha value is -1.31. The molecule has 0 radical (unpaired) electrons. The van der Waals surface area contributed by atoms with Gasteiger partial charge in [-0.2, -0.15) is 0 Å². The highest BCUT2D eigenvalue weighted by Gasteiger charge is 2.18. The lowest BCUT2D eigenvalue weighted by Crippen LogP contribution is -2.15. The topological polar surface area (TPSA) is 26.3 Å². The first-order valence-corrected chi connectivity index (χ1v) is 6.57. The first-order chi connectivity index (χ1) is 8.24. The van der Waals surface area contributed by atoms with E-state index in [0.717, 1.165) is 37.0 Å². The van der Waals surface area contributed by atoms with Crippen LogP contribution in [-0.4, -0.2) is 11.9 Å². The first kappa shape index (κ1) is 12.2. The van der Waals surface area contributed by atoms with Gasteiger partial charge in [0.2, 0.25) is 0 Å². The van der Waals surface area contributed by atoms with Crippen molar-refractivity contribution >= 4 is 5.78 Å². The Morgan fingerprint density at radius 3 is 2.71 bits per heavy atom. The van der Waals surface area contributed by atoms with Gasteiger partial charge in [-0.25, -0.2) is 0 Å². The van der Waals surface area contributed by atoms with Crippen LogP contribution in [0.15, 0.2) is 18.2 Å². The van der Waals surface area contributed by atoms with Crippen LogP contribution in [0.25, 0.3) is 0 Å². The van der Waals surface area contributed by atoms with Gasteiger partial charge in [-0.15, -0.1) is 0 Å². The number of ketones is 1. The van der Waals surface area contributed by atoms with E-state index in [-0.39, 0.29) is 11.9 Å². The Morgan fingerprint density at radius 1 is 1.24 bits per heavy atom. The van der Waals surface area contributed by atoms with Crippen LogP contribution in [0.5, 0.6) is 5.75 Å². The maximum Gasteiger partial charge on any atom is 0.163 e. The molecule has 92 valence electrons. The molecule has 0 bridgehead atoms. The third kappa shape index (κ3) is 2.68. The molecule has 1 aliphatic rings. The van der Waals surface area contributed by atoms with Crippen LogP contribution in [-0.2, 0) is 6.42 Å². The molecule has 17 heavy (non-hydrogen) atoms. The number of carbonyl (C=O) groups is 1. The fraction of sp³-hybridized carbons (Fsp3) is 0.533. The monoisotopic (exact) mass is 232 g/mol. The molecule has 1 aromatic carbocycles. The predicted octanol–water partition coefficient (Wildman–Crippen LogP) is 3.77. The molecule has 0 amide bonds. The fourth-order valence-electron chi connectivity index (χ4n) is 2.33. The molecule has 2 rings (SSSR count). The van der Waals surface area contributed by atoms with Crippen molar-refractivity contribution in [2.75, 3.05) is 0 Å². The number of hydrogen-bond acceptors (Lipinski definition) is 2. The quantitative estimate of drug-likeness (QED) is 0.789. The number of Topliss-reactive ketones (excluding diaryl/α,β-unsaturated/α-hetero) is 1. The molecule has 0 aliphatic heterocycles. The lowest BCUT2D eigenvalue weighted by atomic mass is 9.90. The van der Waals surface area contributed by atoms with E-state index in [2.05, 4.69) is 13.8 Å². The number of hydrogen-bond donors (Lipinski definition) is 0. The summed E-state index contributed by atoms with van der Waals surface area (Å²) in [5.41, 5.74) is 2.05. The lowest BCUT2D eigenvalue weighted by Gasteiger charge is -2.19. The Balaban J connectivity index is 2.20. The molecule has 0 heterocycles. The average molecular weight is 232 g/mol. The van der Waals surface area contributed by atoms with Crippen LogP contribution < -0.4 is 4.74 Å². The molecule has 0 aromatic heterocycles. The van der Waals surface area contributed by atoms with Crippen LogP contribution >= 0.6 is 0 Å². The zero-order valence-corrected chi connectivity index (χ0v) is 10.7. The minimum Gasteiger partial charge on any atom is -0.490 e. The van der Waals surface area contributed by atoms with Gasteiger partial charge in [0.15, 0.2) is 5.78 Å². The SMILES string of the molecule is CCC(CC)Oc1ccc2c(c1)C(=O)CCC2. The first-order valence-electron chi connectivity index (χ1n) is 6.57. The van der Waals surface area contributed by atoms with Gasteiger partial charge in [0.1, 0.15) is 5.75 Å². The zero-order chi connectivity index (χ0) is 12.3. The second-order valence-corrected chi connectivity index (χ2v) is 4.65. The number of benzene rings is 1. The minimum absolute atomic E-state index is 0.256. The molecule has 0 atom stereocenters. The number of rotatable bonds is 4. The Morgan fingerprint density at radius 2 is 2.00 bits per heavy atom. The number of carbonyl (C=O) groups excluding carboxylic acids is 1. The Bertz CT molecular complexity index is 405. The van der Waals surface area contributed by atoms with Crippen LogP contribution in [0.2, 0.25) is 0 Å². The number of ether oxygens (including phenoxy) is 1. The fourth-order valence-corrected chi connectivity index (χ4v) is 2.33. The van der Waals surface area contributed by atoms with Crippen molar-refractivity contribution in [3.05, 3.63) is 29.3 Å². The Kier molecular flexibility index (Phi) is 3.82. The second-order valence-electron chi connectivity index (χ2n) is 4.65. The van der Waals surface area contributed by atoms with E-state index < -0.39 is 0 Å². The summed E-state index contributed by atoms with van der Waals surface area (Å²) in [5.74, 6) is 1.11. The van der Waals surface area contributed by atoms with Gasteiger partial charge in [0.25, 0.3) is 0 Å². The summed E-state index contributed by atoms with van der Waals surface area (Å²) >= 11 is 0. The van der Waals surface area contributed by atoms with Gasteiger partial charge in [0, 0.05) is 12.0 Å². The van der Waals surface area contributed by atoms with Gasteiger partial charge < -0.3 is 4.74 Å². The van der Waals surface area contributed by atoms with Crippen LogP contribution in [0, 0.1) is 0 Å². The van der Waals surface area contributed by atoms with Crippen molar-refractivity contribution in [2.45, 2.75) is 52.1 Å². The highest BCUT2D eigenvalue weighted by Crippen LogP contribution is 2.26. The van der Waals surface area contributed by atoms with Crippen molar-refractivity contribution < 1.29 is 9.53 Å². The highest BCUT2D eigenvalue weighted by molar-refractivity contribution is 5.98. The maximum atomic E-state index is 11.8. The van der Waals surface area contributed by atoms with E-state index >= 15 is 0 Å². The molecule has 1 aromatic rings. The van der Waals surface area contributed by atoms with Crippen LogP contribution in [0.3, 0.4) is 0 Å². The molecule has 2 heteroatoms. The third-order valence-electron chi connectivity index (χ3n) is 3.45. The van der Waals surface area contributed by atoms with Gasteiger partial charge in [-0.05, 0) is 43.4 Å². The van der Waals surface area contributed by atoms with E-state index in [1.807, 2.05) is 18.2 Å². The molecule has 2 nitrogen and oxygen atoms in total. The summed E-state index contributed by atoms with van der Waals surface area (Å²) in [4.78, 5) is 11.8. The van der Waals surface area contributed by atoms with E-state index in [1.54, 1.807) is 0 Å². The summed E-state index contributed by atoms with van der Waals surface area (Å²) in [5, 5.41) is 0. The third-order valence-corrected chi connectivity index (χ3v) is 3.45. The number of fused-ring (bicyclic) bond motifs is 1. The van der Waals surface area contributed by atoms with Gasteiger partial charge in [-0.1, -0.05) is 19.9 Å². The van der Waals surface area contributed by atoms with Gasteiger partial charge in [0.05, 0.1) is 6.10 Å². The molecule has 1 aliphatic carbocycles. The smallest absolute Gasteiger partial charge is 0.163 e. The molecule has 0 N–H and O–H groups in total. The summed E-state index contributed by atoms with van der Waals surface area (Å²) in [6.45, 7) is 4.25. The van der Waals surface area contributed by atoms with Crippen LogP contribution in [0.4, 0.5) is 0 Å². The molecular weight excluding hydrogens is 212 g/mol. The van der Waals surface area contributed by atoms with Gasteiger partial charge in [-0.3, -0.25) is 4.79 Å². The van der Waals surface area contributed by atoms with Crippen LogP contribution in [0.1, 0.15) is 55.5 Å². The van der Waals surface area contributed by atoms with Gasteiger partial charge >= 0.3 is 0 Å². The molecule has 0 saturated carbocycles. The lowest BCUT2D eigenvalue weighted by molar-refractivity contribution is 0.0971. The highest BCUT2D eigenvalue weighted by atomic mass is 16.5. The van der Waals surface area contributed by atoms with Crippen molar-refractivity contribution in [1.82, 2.24) is 0 Å². The number of aryl methyl sites for hydroxylation is 1. The zero-order valence-electron chi connectivity index (χ0n) is 10.7. The van der Waals surface area contributed by atoms with E-state index in [0.29, 0.717) is 6.42 Å². The molecule has 0 spiro atoms. The largest absolute Gasteiger partial charge is 0.490 e. The second kappa shape index (κ2) is 5.35. The molecular formula is C15H20O2.